The Labute approximate surface area is 145 Å². The van der Waals surface area contributed by atoms with Gasteiger partial charge >= 0.3 is 0 Å². The molecule has 1 aliphatic heterocycles. The first kappa shape index (κ1) is 17.5. The minimum atomic E-state index is -0.235. The number of aliphatic imine (C=N–C) groups is 1. The van der Waals surface area contributed by atoms with E-state index in [1.165, 1.54) is 38.5 Å². The molecule has 2 aliphatic carbocycles. The van der Waals surface area contributed by atoms with Crippen molar-refractivity contribution in [2.75, 3.05) is 26.7 Å². The number of nitrogens with zero attached hydrogens (tertiary/aromatic N) is 2. The van der Waals surface area contributed by atoms with Gasteiger partial charge in [0.05, 0.1) is 6.54 Å². The van der Waals surface area contributed by atoms with Crippen LogP contribution in [0.5, 0.6) is 0 Å². The van der Waals surface area contributed by atoms with Gasteiger partial charge < -0.3 is 16.4 Å². The number of carbonyl (C=O) groups excluding carboxylic acids is 1. The Hall–Kier alpha value is -1.30. The number of nitrogens with two attached hydrogens (primary N) is 1. The van der Waals surface area contributed by atoms with Crippen molar-refractivity contribution in [1.82, 2.24) is 15.5 Å². The molecule has 0 bridgehead atoms. The van der Waals surface area contributed by atoms with E-state index < -0.39 is 0 Å². The summed E-state index contributed by atoms with van der Waals surface area (Å²) < 4.78 is 0. The van der Waals surface area contributed by atoms with Gasteiger partial charge in [0.25, 0.3) is 0 Å². The Bertz CT molecular complexity index is 452. The summed E-state index contributed by atoms with van der Waals surface area (Å²) >= 11 is 0. The first-order chi connectivity index (χ1) is 11.7. The molecule has 4 N–H and O–H groups in total. The minimum absolute atomic E-state index is 0.235. The van der Waals surface area contributed by atoms with Crippen LogP contribution in [0.4, 0.5) is 0 Å². The fourth-order valence-electron chi connectivity index (χ4n) is 4.46. The number of nitrogens with one attached hydrogen (secondary N) is 2. The number of likely N-dealkylation sites (tertiary alicyclic amines) is 1. The Morgan fingerprint density at radius 1 is 1.12 bits per heavy atom. The molecule has 6 nitrogen and oxygen atoms in total. The van der Waals surface area contributed by atoms with Crippen molar-refractivity contribution in [2.24, 2.45) is 22.6 Å². The molecule has 136 valence electrons. The molecule has 2 unspecified atom stereocenters. The van der Waals surface area contributed by atoms with E-state index in [2.05, 4.69) is 20.5 Å². The van der Waals surface area contributed by atoms with Crippen molar-refractivity contribution in [3.8, 4) is 0 Å². The highest BCUT2D eigenvalue weighted by molar-refractivity contribution is 5.80. The number of piperidine rings is 1. The summed E-state index contributed by atoms with van der Waals surface area (Å²) in [7, 11) is 1.86. The lowest BCUT2D eigenvalue weighted by atomic mass is 9.85. The number of amides is 1. The van der Waals surface area contributed by atoms with Crippen LogP contribution in [-0.2, 0) is 4.79 Å². The van der Waals surface area contributed by atoms with Crippen molar-refractivity contribution >= 4 is 11.9 Å². The summed E-state index contributed by atoms with van der Waals surface area (Å²) in [6.45, 7) is 2.22. The molecular formula is C18H33N5O. The third-order valence-electron chi connectivity index (χ3n) is 5.95. The quantitative estimate of drug-likeness (QED) is 0.518. The molecule has 0 radical (unpaired) electrons. The predicted octanol–water partition coefficient (Wildman–Crippen LogP) is 1.07. The van der Waals surface area contributed by atoms with Gasteiger partial charge in [0.1, 0.15) is 0 Å². The number of guanidine groups is 1. The second kappa shape index (κ2) is 8.19. The highest BCUT2D eigenvalue weighted by Crippen LogP contribution is 2.44. The van der Waals surface area contributed by atoms with Crippen LogP contribution in [0.25, 0.3) is 0 Å². The van der Waals surface area contributed by atoms with Crippen LogP contribution in [0, 0.1) is 11.8 Å². The largest absolute Gasteiger partial charge is 0.369 e. The standard InChI is InChI=1S/C18H33N5O/c1-20-18(21-14-7-9-23(10-8-14)12-17(19)24)22-16-11-15(16)13-5-3-2-4-6-13/h13-16H,2-12H2,1H3,(H2,19,24)(H2,20,21,22). The predicted molar refractivity (Wildman–Crippen MR) is 96.8 cm³/mol. The van der Waals surface area contributed by atoms with Gasteiger partial charge in [0.2, 0.25) is 5.91 Å². The average molecular weight is 335 g/mol. The molecule has 3 rings (SSSR count). The van der Waals surface area contributed by atoms with Crippen LogP contribution in [0.15, 0.2) is 4.99 Å². The van der Waals surface area contributed by atoms with Gasteiger partial charge in [-0.15, -0.1) is 0 Å². The lowest BCUT2D eigenvalue weighted by Crippen LogP contribution is -2.50. The van der Waals surface area contributed by atoms with Gasteiger partial charge in [-0.05, 0) is 31.1 Å². The first-order valence-electron chi connectivity index (χ1n) is 9.66. The molecule has 3 aliphatic rings. The van der Waals surface area contributed by atoms with Crippen LogP contribution >= 0.6 is 0 Å². The van der Waals surface area contributed by atoms with Crippen LogP contribution in [0.2, 0.25) is 0 Å². The lowest BCUT2D eigenvalue weighted by molar-refractivity contribution is -0.119. The van der Waals surface area contributed by atoms with E-state index in [0.29, 0.717) is 18.6 Å². The molecule has 1 saturated heterocycles. The molecule has 0 aromatic rings. The summed E-state index contributed by atoms with van der Waals surface area (Å²) in [5.74, 6) is 2.51. The normalized spacial score (nSPS) is 30.1. The van der Waals surface area contributed by atoms with Crippen LogP contribution in [-0.4, -0.2) is 55.5 Å². The first-order valence-corrected chi connectivity index (χ1v) is 9.66. The molecule has 24 heavy (non-hydrogen) atoms. The van der Waals surface area contributed by atoms with Gasteiger partial charge in [-0.1, -0.05) is 32.1 Å². The monoisotopic (exact) mass is 335 g/mol. The fraction of sp³-hybridized carbons (Fsp3) is 0.889. The molecule has 1 amide bonds. The number of primary amides is 1. The fourth-order valence-corrected chi connectivity index (χ4v) is 4.46. The Morgan fingerprint density at radius 3 is 2.46 bits per heavy atom. The molecule has 0 aromatic heterocycles. The molecule has 1 heterocycles. The highest BCUT2D eigenvalue weighted by Gasteiger charge is 2.43. The smallest absolute Gasteiger partial charge is 0.231 e. The zero-order valence-corrected chi connectivity index (χ0v) is 15.0. The third-order valence-corrected chi connectivity index (χ3v) is 5.95. The van der Waals surface area contributed by atoms with Crippen LogP contribution in [0.3, 0.4) is 0 Å². The molecule has 6 heteroatoms. The van der Waals surface area contributed by atoms with Gasteiger partial charge in [-0.2, -0.15) is 0 Å². The Balaban J connectivity index is 1.38. The summed E-state index contributed by atoms with van der Waals surface area (Å²) in [6, 6.07) is 1.06. The SMILES string of the molecule is CN=C(NC1CCN(CC(N)=O)CC1)NC1CC1C1CCCCC1. The topological polar surface area (TPSA) is 82.8 Å². The van der Waals surface area contributed by atoms with E-state index in [0.717, 1.165) is 43.7 Å². The molecule has 2 saturated carbocycles. The maximum Gasteiger partial charge on any atom is 0.231 e. The molecule has 0 aromatic carbocycles. The van der Waals surface area contributed by atoms with Crippen molar-refractivity contribution in [2.45, 2.75) is 63.5 Å². The molecule has 2 atom stereocenters. The van der Waals surface area contributed by atoms with Gasteiger partial charge in [0.15, 0.2) is 5.96 Å². The second-order valence-electron chi connectivity index (χ2n) is 7.78. The van der Waals surface area contributed by atoms with Crippen molar-refractivity contribution < 1.29 is 4.79 Å². The Morgan fingerprint density at radius 2 is 1.83 bits per heavy atom. The molecular weight excluding hydrogens is 302 g/mol. The van der Waals surface area contributed by atoms with Crippen LogP contribution in [0.1, 0.15) is 51.4 Å². The summed E-state index contributed by atoms with van der Waals surface area (Å²) in [5, 5.41) is 7.20. The minimum Gasteiger partial charge on any atom is -0.369 e. The number of hydrogen-bond donors (Lipinski definition) is 3. The van der Waals surface area contributed by atoms with Gasteiger partial charge in [-0.3, -0.25) is 14.7 Å². The van der Waals surface area contributed by atoms with E-state index in [9.17, 15) is 4.79 Å². The molecule has 3 fully saturated rings. The van der Waals surface area contributed by atoms with Gasteiger partial charge in [-0.25, -0.2) is 0 Å². The van der Waals surface area contributed by atoms with E-state index in [-0.39, 0.29) is 5.91 Å². The van der Waals surface area contributed by atoms with E-state index in [1.54, 1.807) is 0 Å². The number of rotatable bonds is 5. The summed E-state index contributed by atoms with van der Waals surface area (Å²) in [4.78, 5) is 17.5. The van der Waals surface area contributed by atoms with E-state index in [4.69, 9.17) is 5.73 Å². The third kappa shape index (κ3) is 4.85. The average Bonchev–Trinajstić information content (AvgIpc) is 3.35. The lowest BCUT2D eigenvalue weighted by Gasteiger charge is -2.32. The highest BCUT2D eigenvalue weighted by atomic mass is 16.1. The zero-order valence-electron chi connectivity index (χ0n) is 15.0. The van der Waals surface area contributed by atoms with E-state index in [1.807, 2.05) is 7.05 Å². The zero-order chi connectivity index (χ0) is 16.9. The van der Waals surface area contributed by atoms with Crippen molar-refractivity contribution in [3.63, 3.8) is 0 Å². The molecule has 0 spiro atoms. The second-order valence-corrected chi connectivity index (χ2v) is 7.78. The maximum atomic E-state index is 11.0. The van der Waals surface area contributed by atoms with Gasteiger partial charge in [0, 0.05) is 32.2 Å². The number of carbonyl (C=O) groups is 1. The summed E-state index contributed by atoms with van der Waals surface area (Å²) in [5.41, 5.74) is 5.27. The van der Waals surface area contributed by atoms with Crippen molar-refractivity contribution in [1.29, 1.82) is 0 Å². The van der Waals surface area contributed by atoms with Crippen molar-refractivity contribution in [3.05, 3.63) is 0 Å². The summed E-state index contributed by atoms with van der Waals surface area (Å²) in [6.07, 6.45) is 10.5. The van der Waals surface area contributed by atoms with Crippen LogP contribution < -0.4 is 16.4 Å². The van der Waals surface area contributed by atoms with E-state index >= 15 is 0 Å². The maximum absolute atomic E-state index is 11.0. The Kier molecular flexibility index (Phi) is 5.98. The number of hydrogen-bond acceptors (Lipinski definition) is 3.